The Kier molecular flexibility index (Phi) is 17.7. The normalized spacial score (nSPS) is 10.7. The summed E-state index contributed by atoms with van der Waals surface area (Å²) in [6.45, 7) is 11.8. The fourth-order valence-electron chi connectivity index (χ4n) is 3.30. The summed E-state index contributed by atoms with van der Waals surface area (Å²) in [5.41, 5.74) is 0. The van der Waals surface area contributed by atoms with Gasteiger partial charge in [-0.2, -0.15) is 0 Å². The summed E-state index contributed by atoms with van der Waals surface area (Å²) in [6.07, 6.45) is 16.6. The van der Waals surface area contributed by atoms with Crippen molar-refractivity contribution in [3.8, 4) is 0 Å². The highest BCUT2D eigenvalue weighted by molar-refractivity contribution is 6.09. The lowest BCUT2D eigenvalue weighted by molar-refractivity contribution is -0.141. The first-order valence-electron chi connectivity index (χ1n) is 12.1. The van der Waals surface area contributed by atoms with Gasteiger partial charge in [0.2, 0.25) is 0 Å². The van der Waals surface area contributed by atoms with E-state index in [0.717, 1.165) is 85.5 Å². The van der Waals surface area contributed by atoms with Crippen molar-refractivity contribution in [3.63, 3.8) is 0 Å². The molecule has 32 heavy (non-hydrogen) atoms. The summed E-state index contributed by atoms with van der Waals surface area (Å²) in [7, 11) is 0. The first-order chi connectivity index (χ1) is 15.4. The molecule has 0 aromatic rings. The second kappa shape index (κ2) is 19.2. The van der Waals surface area contributed by atoms with E-state index in [9.17, 15) is 19.2 Å². The van der Waals surface area contributed by atoms with Gasteiger partial charge in [0, 0.05) is 25.2 Å². The average Bonchev–Trinajstić information content (AvgIpc) is 2.80. The summed E-state index contributed by atoms with van der Waals surface area (Å²) in [5.74, 6) is -2.15. The second-order valence-corrected chi connectivity index (χ2v) is 7.93. The zero-order chi connectivity index (χ0) is 24.2. The maximum absolute atomic E-state index is 12.5. The van der Waals surface area contributed by atoms with Gasteiger partial charge in [0.1, 0.15) is 0 Å². The number of amides is 4. The van der Waals surface area contributed by atoms with Crippen LogP contribution in [0, 0.1) is 0 Å². The Balaban J connectivity index is 4.85. The van der Waals surface area contributed by atoms with Crippen LogP contribution in [0.15, 0.2) is 37.5 Å². The Bertz CT molecular complexity index is 586. The first-order valence-corrected chi connectivity index (χ1v) is 12.1. The SMILES string of the molecule is C=CC(=O)N(CCCCCCCC)C(=O)C=CC(=O)N(CCCCCCCC)C(=O)C=C. The monoisotopic (exact) mass is 446 g/mol. The van der Waals surface area contributed by atoms with Gasteiger partial charge in [-0.15, -0.1) is 0 Å². The van der Waals surface area contributed by atoms with Crippen LogP contribution in [0.3, 0.4) is 0 Å². The summed E-state index contributed by atoms with van der Waals surface area (Å²) >= 11 is 0. The molecule has 0 aliphatic carbocycles. The number of hydrogen-bond acceptors (Lipinski definition) is 4. The Labute approximate surface area is 194 Å². The van der Waals surface area contributed by atoms with Gasteiger partial charge in [-0.3, -0.25) is 29.0 Å². The van der Waals surface area contributed by atoms with Crippen molar-refractivity contribution in [1.29, 1.82) is 0 Å². The van der Waals surface area contributed by atoms with Crippen molar-refractivity contribution >= 4 is 23.6 Å². The molecule has 6 heteroatoms. The Morgan fingerprint density at radius 1 is 0.531 bits per heavy atom. The van der Waals surface area contributed by atoms with Gasteiger partial charge in [-0.1, -0.05) is 91.2 Å². The second-order valence-electron chi connectivity index (χ2n) is 7.93. The molecule has 0 aliphatic heterocycles. The number of carbonyl (C=O) groups excluding carboxylic acids is 4. The molecular formula is C26H42N2O4. The van der Waals surface area contributed by atoms with Gasteiger partial charge < -0.3 is 0 Å². The van der Waals surface area contributed by atoms with Gasteiger partial charge in [0.15, 0.2) is 0 Å². The minimum atomic E-state index is -0.581. The van der Waals surface area contributed by atoms with Gasteiger partial charge in [-0.25, -0.2) is 0 Å². The third-order valence-electron chi connectivity index (χ3n) is 5.25. The van der Waals surface area contributed by atoms with E-state index in [1.54, 1.807) is 0 Å². The first kappa shape index (κ1) is 29.5. The van der Waals surface area contributed by atoms with Crippen molar-refractivity contribution in [2.45, 2.75) is 90.9 Å². The highest BCUT2D eigenvalue weighted by atomic mass is 16.2. The van der Waals surface area contributed by atoms with Crippen LogP contribution >= 0.6 is 0 Å². The molecule has 0 bridgehead atoms. The molecule has 6 nitrogen and oxygen atoms in total. The molecule has 180 valence electrons. The molecule has 0 atom stereocenters. The average molecular weight is 447 g/mol. The molecular weight excluding hydrogens is 404 g/mol. The lowest BCUT2D eigenvalue weighted by Crippen LogP contribution is -2.37. The fourth-order valence-corrected chi connectivity index (χ4v) is 3.30. The summed E-state index contributed by atoms with van der Waals surface area (Å²) in [6, 6.07) is 0. The highest BCUT2D eigenvalue weighted by Gasteiger charge is 2.19. The topological polar surface area (TPSA) is 74.8 Å². The van der Waals surface area contributed by atoms with Gasteiger partial charge in [-0.05, 0) is 25.0 Å². The molecule has 0 unspecified atom stereocenters. The van der Waals surface area contributed by atoms with E-state index in [4.69, 9.17) is 0 Å². The van der Waals surface area contributed by atoms with Crippen molar-refractivity contribution in [2.75, 3.05) is 13.1 Å². The van der Waals surface area contributed by atoms with E-state index >= 15 is 0 Å². The van der Waals surface area contributed by atoms with Gasteiger partial charge >= 0.3 is 0 Å². The predicted octanol–water partition coefficient (Wildman–Crippen LogP) is 5.35. The number of nitrogens with zero attached hydrogens (tertiary/aromatic N) is 2. The molecule has 0 radical (unpaired) electrons. The predicted molar refractivity (Wildman–Crippen MR) is 130 cm³/mol. The van der Waals surface area contributed by atoms with Crippen LogP contribution in [0.1, 0.15) is 90.9 Å². The molecule has 0 aromatic heterocycles. The number of unbranched alkanes of at least 4 members (excludes halogenated alkanes) is 10. The van der Waals surface area contributed by atoms with Crippen LogP contribution in [0.2, 0.25) is 0 Å². The van der Waals surface area contributed by atoms with Gasteiger partial charge in [0.25, 0.3) is 23.6 Å². The van der Waals surface area contributed by atoms with E-state index in [0.29, 0.717) is 12.8 Å². The zero-order valence-electron chi connectivity index (χ0n) is 20.2. The van der Waals surface area contributed by atoms with Crippen LogP contribution in [-0.4, -0.2) is 46.5 Å². The molecule has 0 fully saturated rings. The summed E-state index contributed by atoms with van der Waals surface area (Å²) in [5, 5.41) is 0. The van der Waals surface area contributed by atoms with E-state index < -0.39 is 23.6 Å². The number of carbonyl (C=O) groups is 4. The number of imide groups is 2. The third-order valence-corrected chi connectivity index (χ3v) is 5.25. The molecule has 0 heterocycles. The van der Waals surface area contributed by atoms with Crippen molar-refractivity contribution < 1.29 is 19.2 Å². The van der Waals surface area contributed by atoms with Crippen LogP contribution in [0.4, 0.5) is 0 Å². The van der Waals surface area contributed by atoms with Crippen LogP contribution < -0.4 is 0 Å². The lowest BCUT2D eigenvalue weighted by atomic mass is 10.1. The molecule has 4 amide bonds. The van der Waals surface area contributed by atoms with Crippen LogP contribution in [0.5, 0.6) is 0 Å². The molecule has 0 saturated heterocycles. The molecule has 0 saturated carbocycles. The van der Waals surface area contributed by atoms with Crippen LogP contribution in [0.25, 0.3) is 0 Å². The Morgan fingerprint density at radius 2 is 0.844 bits per heavy atom. The van der Waals surface area contributed by atoms with Crippen molar-refractivity contribution in [1.82, 2.24) is 9.80 Å². The summed E-state index contributed by atoms with van der Waals surface area (Å²) < 4.78 is 0. The van der Waals surface area contributed by atoms with E-state index in [-0.39, 0.29) is 13.1 Å². The van der Waals surface area contributed by atoms with Crippen molar-refractivity contribution in [3.05, 3.63) is 37.5 Å². The maximum atomic E-state index is 12.5. The quantitative estimate of drug-likeness (QED) is 0.210. The Morgan fingerprint density at radius 3 is 1.16 bits per heavy atom. The lowest BCUT2D eigenvalue weighted by Gasteiger charge is -2.19. The minimum Gasteiger partial charge on any atom is -0.275 e. The number of hydrogen-bond donors (Lipinski definition) is 0. The van der Waals surface area contributed by atoms with Crippen molar-refractivity contribution in [2.24, 2.45) is 0 Å². The molecule has 0 N–H and O–H groups in total. The minimum absolute atomic E-state index is 0.279. The highest BCUT2D eigenvalue weighted by Crippen LogP contribution is 2.09. The Hall–Kier alpha value is -2.50. The van der Waals surface area contributed by atoms with Crippen LogP contribution in [-0.2, 0) is 19.2 Å². The molecule has 0 rings (SSSR count). The van der Waals surface area contributed by atoms with E-state index in [2.05, 4.69) is 27.0 Å². The van der Waals surface area contributed by atoms with E-state index in [1.165, 1.54) is 12.8 Å². The molecule has 0 aromatic carbocycles. The molecule has 0 aliphatic rings. The summed E-state index contributed by atoms with van der Waals surface area (Å²) in [4.78, 5) is 51.4. The fraction of sp³-hybridized carbons (Fsp3) is 0.615. The smallest absolute Gasteiger partial charge is 0.253 e. The maximum Gasteiger partial charge on any atom is 0.253 e. The molecule has 0 spiro atoms. The van der Waals surface area contributed by atoms with Gasteiger partial charge in [0.05, 0.1) is 0 Å². The standard InChI is InChI=1S/C26H42N2O4/c1-5-9-11-13-15-17-21-27(23(29)7-3)25(31)19-20-26(32)28(24(30)8-4)22-18-16-14-12-10-6-2/h7-8,19-20H,3-6,9-18,21-22H2,1-2H3. The largest absolute Gasteiger partial charge is 0.275 e. The zero-order valence-corrected chi connectivity index (χ0v) is 20.2. The third kappa shape index (κ3) is 13.0. The number of rotatable bonds is 18. The van der Waals surface area contributed by atoms with E-state index in [1.807, 2.05) is 0 Å².